The molecule has 0 aliphatic carbocycles. The minimum Gasteiger partial charge on any atom is -0.326 e. The standard InChI is InChI=1S/C12H11N5O5/c18-10(6-5-9-11(19)14-12(20)16-15-9)13-7-1-3-8(4-2-7)17(21)22/h1-4H,5-6H2,(H,13,18)(H2,14,16,19,20). The maximum Gasteiger partial charge on any atom is 0.342 e. The molecule has 1 aromatic heterocycles. The van der Waals surface area contributed by atoms with Gasteiger partial charge in [-0.2, -0.15) is 5.10 Å². The molecule has 0 saturated carbocycles. The van der Waals surface area contributed by atoms with Crippen molar-refractivity contribution in [3.63, 3.8) is 0 Å². The maximum absolute atomic E-state index is 11.7. The third kappa shape index (κ3) is 3.85. The number of aromatic nitrogens is 3. The molecule has 10 nitrogen and oxygen atoms in total. The Bertz CT molecular complexity index is 808. The lowest BCUT2D eigenvalue weighted by molar-refractivity contribution is -0.384. The highest BCUT2D eigenvalue weighted by molar-refractivity contribution is 5.90. The Balaban J connectivity index is 1.94. The lowest BCUT2D eigenvalue weighted by atomic mass is 10.2. The average Bonchev–Trinajstić information content (AvgIpc) is 2.47. The number of carbonyl (C=O) groups excluding carboxylic acids is 1. The third-order valence-electron chi connectivity index (χ3n) is 2.73. The predicted molar refractivity (Wildman–Crippen MR) is 75.5 cm³/mol. The van der Waals surface area contributed by atoms with Gasteiger partial charge in [0.05, 0.1) is 4.92 Å². The molecule has 2 aromatic rings. The van der Waals surface area contributed by atoms with E-state index in [-0.39, 0.29) is 30.1 Å². The molecule has 0 unspecified atom stereocenters. The Morgan fingerprint density at radius 3 is 2.55 bits per heavy atom. The van der Waals surface area contributed by atoms with Gasteiger partial charge in [0.15, 0.2) is 0 Å². The molecule has 0 bridgehead atoms. The number of aryl methyl sites for hydroxylation is 1. The van der Waals surface area contributed by atoms with Crippen LogP contribution in [0.3, 0.4) is 0 Å². The van der Waals surface area contributed by atoms with E-state index < -0.39 is 16.2 Å². The van der Waals surface area contributed by atoms with Crippen LogP contribution in [-0.2, 0) is 11.2 Å². The summed E-state index contributed by atoms with van der Waals surface area (Å²) in [7, 11) is 0. The normalized spacial score (nSPS) is 10.2. The number of aromatic amines is 2. The molecule has 0 fully saturated rings. The summed E-state index contributed by atoms with van der Waals surface area (Å²) >= 11 is 0. The lowest BCUT2D eigenvalue weighted by Gasteiger charge is -2.04. The van der Waals surface area contributed by atoms with Crippen molar-refractivity contribution in [3.05, 3.63) is 60.9 Å². The fourth-order valence-corrected chi connectivity index (χ4v) is 1.66. The Morgan fingerprint density at radius 1 is 1.27 bits per heavy atom. The first-order valence-electron chi connectivity index (χ1n) is 6.18. The molecule has 22 heavy (non-hydrogen) atoms. The van der Waals surface area contributed by atoms with Crippen LogP contribution in [0.4, 0.5) is 11.4 Å². The van der Waals surface area contributed by atoms with E-state index in [4.69, 9.17) is 0 Å². The number of nitrogens with zero attached hydrogens (tertiary/aromatic N) is 2. The van der Waals surface area contributed by atoms with Crippen molar-refractivity contribution in [2.75, 3.05) is 5.32 Å². The zero-order valence-corrected chi connectivity index (χ0v) is 11.2. The van der Waals surface area contributed by atoms with Crippen LogP contribution >= 0.6 is 0 Å². The lowest BCUT2D eigenvalue weighted by Crippen LogP contribution is -2.28. The van der Waals surface area contributed by atoms with Crippen molar-refractivity contribution in [1.82, 2.24) is 15.2 Å². The average molecular weight is 305 g/mol. The van der Waals surface area contributed by atoms with Crippen molar-refractivity contribution in [2.24, 2.45) is 0 Å². The van der Waals surface area contributed by atoms with Crippen molar-refractivity contribution < 1.29 is 9.72 Å². The molecule has 0 spiro atoms. The van der Waals surface area contributed by atoms with Crippen molar-refractivity contribution in [1.29, 1.82) is 0 Å². The minimum atomic E-state index is -0.718. The molecule has 3 N–H and O–H groups in total. The van der Waals surface area contributed by atoms with Gasteiger partial charge < -0.3 is 5.32 Å². The number of nitro benzene ring substituents is 1. The molecule has 1 amide bonds. The van der Waals surface area contributed by atoms with Gasteiger partial charge in [0, 0.05) is 30.7 Å². The molecule has 0 aliphatic heterocycles. The second kappa shape index (κ2) is 6.43. The van der Waals surface area contributed by atoms with Crippen LogP contribution in [0.25, 0.3) is 0 Å². The van der Waals surface area contributed by atoms with E-state index in [1.807, 2.05) is 4.98 Å². The molecule has 1 aromatic carbocycles. The highest BCUT2D eigenvalue weighted by Gasteiger charge is 2.09. The Kier molecular flexibility index (Phi) is 4.41. The van der Waals surface area contributed by atoms with E-state index >= 15 is 0 Å². The summed E-state index contributed by atoms with van der Waals surface area (Å²) in [6, 6.07) is 5.34. The van der Waals surface area contributed by atoms with Crippen molar-refractivity contribution in [3.8, 4) is 0 Å². The molecule has 10 heteroatoms. The fourth-order valence-electron chi connectivity index (χ4n) is 1.66. The molecule has 114 valence electrons. The van der Waals surface area contributed by atoms with E-state index in [0.717, 1.165) is 0 Å². The van der Waals surface area contributed by atoms with Crippen LogP contribution in [0.2, 0.25) is 0 Å². The highest BCUT2D eigenvalue weighted by Crippen LogP contribution is 2.15. The van der Waals surface area contributed by atoms with Gasteiger partial charge in [-0.1, -0.05) is 0 Å². The zero-order valence-electron chi connectivity index (χ0n) is 11.2. The monoisotopic (exact) mass is 305 g/mol. The van der Waals surface area contributed by atoms with Crippen molar-refractivity contribution in [2.45, 2.75) is 12.8 Å². The molecular weight excluding hydrogens is 294 g/mol. The topological polar surface area (TPSA) is 151 Å². The number of nitrogens with one attached hydrogen (secondary N) is 3. The van der Waals surface area contributed by atoms with Crippen LogP contribution in [0.1, 0.15) is 12.1 Å². The predicted octanol–water partition coefficient (Wildman–Crippen LogP) is -0.0623. The first-order valence-corrected chi connectivity index (χ1v) is 6.18. The van der Waals surface area contributed by atoms with Gasteiger partial charge in [-0.05, 0) is 12.1 Å². The summed E-state index contributed by atoms with van der Waals surface area (Å²) in [6.45, 7) is 0. The smallest absolute Gasteiger partial charge is 0.326 e. The van der Waals surface area contributed by atoms with Crippen LogP contribution in [0, 0.1) is 10.1 Å². The van der Waals surface area contributed by atoms with Crippen LogP contribution in [0.15, 0.2) is 33.9 Å². The number of amides is 1. The number of nitro groups is 1. The highest BCUT2D eigenvalue weighted by atomic mass is 16.6. The van der Waals surface area contributed by atoms with Crippen LogP contribution < -0.4 is 16.6 Å². The number of non-ortho nitro benzene ring substituents is 1. The number of carbonyl (C=O) groups is 1. The molecule has 0 radical (unpaired) electrons. The van der Waals surface area contributed by atoms with Crippen LogP contribution in [0.5, 0.6) is 0 Å². The minimum absolute atomic E-state index is 0.0287. The quantitative estimate of drug-likeness (QED) is 0.520. The van der Waals surface area contributed by atoms with E-state index in [2.05, 4.69) is 15.5 Å². The van der Waals surface area contributed by atoms with Gasteiger partial charge in [-0.25, -0.2) is 9.89 Å². The van der Waals surface area contributed by atoms with E-state index in [9.17, 15) is 24.5 Å². The molecule has 0 atom stereocenters. The van der Waals surface area contributed by atoms with E-state index in [0.29, 0.717) is 5.69 Å². The van der Waals surface area contributed by atoms with Gasteiger partial charge >= 0.3 is 5.69 Å². The Hall–Kier alpha value is -3.30. The molecule has 0 saturated heterocycles. The Labute approximate surface area is 122 Å². The summed E-state index contributed by atoms with van der Waals surface area (Å²) in [5, 5.41) is 18.7. The van der Waals surface area contributed by atoms with Crippen molar-refractivity contribution >= 4 is 17.3 Å². The summed E-state index contributed by atoms with van der Waals surface area (Å²) < 4.78 is 0. The third-order valence-corrected chi connectivity index (χ3v) is 2.73. The number of anilines is 1. The first-order chi connectivity index (χ1) is 10.5. The van der Waals surface area contributed by atoms with Crippen LogP contribution in [-0.4, -0.2) is 26.0 Å². The molecule has 2 rings (SSSR count). The number of benzene rings is 1. The SMILES string of the molecule is O=C(CCc1n[nH]c(=O)[nH]c1=O)Nc1ccc([N+](=O)[O-])cc1. The summed E-state index contributed by atoms with van der Waals surface area (Å²) in [5.74, 6) is -0.388. The van der Waals surface area contributed by atoms with Gasteiger partial charge in [0.25, 0.3) is 11.2 Å². The maximum atomic E-state index is 11.7. The molecule has 1 heterocycles. The van der Waals surface area contributed by atoms with Gasteiger partial charge in [-0.3, -0.25) is 24.7 Å². The summed E-state index contributed by atoms with van der Waals surface area (Å²) in [6.07, 6.45) is 0.0179. The fraction of sp³-hybridized carbons (Fsp3) is 0.167. The largest absolute Gasteiger partial charge is 0.342 e. The first kappa shape index (κ1) is 15.1. The molecular formula is C12H11N5O5. The summed E-state index contributed by atoms with van der Waals surface area (Å²) in [4.78, 5) is 45.9. The second-order valence-corrected chi connectivity index (χ2v) is 4.31. The van der Waals surface area contributed by atoms with E-state index in [1.54, 1.807) is 0 Å². The second-order valence-electron chi connectivity index (χ2n) is 4.31. The zero-order chi connectivity index (χ0) is 16.1. The number of H-pyrrole nitrogens is 2. The van der Waals surface area contributed by atoms with E-state index in [1.165, 1.54) is 24.3 Å². The van der Waals surface area contributed by atoms with Gasteiger partial charge in [-0.15, -0.1) is 0 Å². The number of hydrogen-bond acceptors (Lipinski definition) is 6. The van der Waals surface area contributed by atoms with Gasteiger partial charge in [0.2, 0.25) is 5.91 Å². The number of hydrogen-bond donors (Lipinski definition) is 3. The summed E-state index contributed by atoms with van der Waals surface area (Å²) in [5.41, 5.74) is -1.00. The Morgan fingerprint density at radius 2 is 1.95 bits per heavy atom. The van der Waals surface area contributed by atoms with Gasteiger partial charge in [0.1, 0.15) is 5.69 Å². The molecule has 0 aliphatic rings. The number of rotatable bonds is 5.